The number of carbonyl (C=O) groups is 1. The van der Waals surface area contributed by atoms with Crippen molar-refractivity contribution >= 4 is 22.5 Å². The zero-order chi connectivity index (χ0) is 17.2. The molecular formula is C20H22N4O. The fraction of sp³-hybridized carbons (Fsp3) is 0.300. The van der Waals surface area contributed by atoms with Gasteiger partial charge in [-0.25, -0.2) is 0 Å². The van der Waals surface area contributed by atoms with Gasteiger partial charge in [-0.15, -0.1) is 0 Å². The van der Waals surface area contributed by atoms with Crippen LogP contribution in [0.2, 0.25) is 0 Å². The van der Waals surface area contributed by atoms with Crippen LogP contribution in [0.5, 0.6) is 0 Å². The number of nitrogens with one attached hydrogen (secondary N) is 1. The molecule has 1 aliphatic rings. The lowest BCUT2D eigenvalue weighted by atomic mass is 10.1. The van der Waals surface area contributed by atoms with Gasteiger partial charge in [0.05, 0.1) is 5.52 Å². The number of benzene rings is 2. The van der Waals surface area contributed by atoms with Crippen LogP contribution in [-0.2, 0) is 0 Å². The van der Waals surface area contributed by atoms with Crippen LogP contribution >= 0.6 is 0 Å². The van der Waals surface area contributed by atoms with E-state index in [1.807, 2.05) is 42.3 Å². The van der Waals surface area contributed by atoms with Crippen molar-refractivity contribution < 1.29 is 4.79 Å². The Labute approximate surface area is 147 Å². The Balaban J connectivity index is 1.42. The Morgan fingerprint density at radius 3 is 2.80 bits per heavy atom. The van der Waals surface area contributed by atoms with Crippen LogP contribution in [0.3, 0.4) is 0 Å². The van der Waals surface area contributed by atoms with E-state index in [1.54, 1.807) is 0 Å². The van der Waals surface area contributed by atoms with Crippen LogP contribution in [0.15, 0.2) is 54.6 Å². The third-order valence-corrected chi connectivity index (χ3v) is 4.96. The second-order valence-corrected chi connectivity index (χ2v) is 6.74. The van der Waals surface area contributed by atoms with Crippen molar-refractivity contribution in [1.82, 2.24) is 15.1 Å². The number of rotatable bonds is 4. The molecule has 2 heterocycles. The van der Waals surface area contributed by atoms with Gasteiger partial charge in [0.2, 0.25) is 0 Å². The normalized spacial score (nSPS) is 17.2. The van der Waals surface area contributed by atoms with Gasteiger partial charge in [-0.2, -0.15) is 5.10 Å². The number of amides is 1. The number of H-pyrrole nitrogens is 1. The maximum Gasteiger partial charge on any atom is 0.274 e. The minimum atomic E-state index is -0.0180. The SMILES string of the molecule is CN(C[C@H]1CCN(c2ccccc2)C1)C(=O)c1n[nH]c2ccccc12. The smallest absolute Gasteiger partial charge is 0.274 e. The number of nitrogens with zero attached hydrogens (tertiary/aromatic N) is 3. The molecule has 0 bridgehead atoms. The molecule has 25 heavy (non-hydrogen) atoms. The van der Waals surface area contributed by atoms with Gasteiger partial charge in [0.15, 0.2) is 5.69 Å². The monoisotopic (exact) mass is 334 g/mol. The Kier molecular flexibility index (Phi) is 4.14. The Morgan fingerprint density at radius 2 is 1.96 bits per heavy atom. The van der Waals surface area contributed by atoms with E-state index in [9.17, 15) is 4.79 Å². The summed E-state index contributed by atoms with van der Waals surface area (Å²) >= 11 is 0. The van der Waals surface area contributed by atoms with Crippen LogP contribution < -0.4 is 4.90 Å². The lowest BCUT2D eigenvalue weighted by Gasteiger charge is -2.22. The molecular weight excluding hydrogens is 312 g/mol. The van der Waals surface area contributed by atoms with Crippen molar-refractivity contribution in [2.75, 3.05) is 31.6 Å². The van der Waals surface area contributed by atoms with Crippen molar-refractivity contribution in [3.8, 4) is 0 Å². The minimum absolute atomic E-state index is 0.0180. The zero-order valence-electron chi connectivity index (χ0n) is 14.4. The molecule has 4 rings (SSSR count). The summed E-state index contributed by atoms with van der Waals surface area (Å²) in [5.41, 5.74) is 2.67. The number of fused-ring (bicyclic) bond motifs is 1. The third kappa shape index (κ3) is 3.09. The second kappa shape index (κ2) is 6.59. The highest BCUT2D eigenvalue weighted by molar-refractivity contribution is 6.04. The maximum atomic E-state index is 12.8. The largest absolute Gasteiger partial charge is 0.371 e. The summed E-state index contributed by atoms with van der Waals surface area (Å²) in [4.78, 5) is 17.0. The minimum Gasteiger partial charge on any atom is -0.371 e. The number of carbonyl (C=O) groups excluding carboxylic acids is 1. The molecule has 1 fully saturated rings. The highest BCUT2D eigenvalue weighted by Crippen LogP contribution is 2.24. The quantitative estimate of drug-likeness (QED) is 0.797. The van der Waals surface area contributed by atoms with Crippen molar-refractivity contribution in [2.45, 2.75) is 6.42 Å². The molecule has 1 saturated heterocycles. The average molecular weight is 334 g/mol. The van der Waals surface area contributed by atoms with Crippen LogP contribution in [-0.4, -0.2) is 47.7 Å². The van der Waals surface area contributed by atoms with Crippen LogP contribution in [0.1, 0.15) is 16.9 Å². The number of hydrogen-bond donors (Lipinski definition) is 1. The Bertz CT molecular complexity index is 874. The molecule has 1 aliphatic heterocycles. The molecule has 0 radical (unpaired) electrons. The standard InChI is InChI=1S/C20H22N4O/c1-23(20(25)19-17-9-5-6-10-18(17)21-22-19)13-15-11-12-24(14-15)16-7-3-2-4-8-16/h2-10,15H,11-14H2,1H3,(H,21,22)/t15-/m1/s1. The van der Waals surface area contributed by atoms with Crippen LogP contribution in [0, 0.1) is 5.92 Å². The maximum absolute atomic E-state index is 12.8. The lowest BCUT2D eigenvalue weighted by Crippen LogP contribution is -2.33. The molecule has 0 unspecified atom stereocenters. The first-order chi connectivity index (χ1) is 12.2. The van der Waals surface area contributed by atoms with Gasteiger partial charge in [0.1, 0.15) is 0 Å². The van der Waals surface area contributed by atoms with E-state index in [-0.39, 0.29) is 5.91 Å². The fourth-order valence-corrected chi connectivity index (χ4v) is 3.63. The van der Waals surface area contributed by atoms with E-state index in [0.29, 0.717) is 11.6 Å². The summed E-state index contributed by atoms with van der Waals surface area (Å²) in [6.07, 6.45) is 1.10. The molecule has 1 atom stereocenters. The first kappa shape index (κ1) is 15.7. The molecule has 128 valence electrons. The van der Waals surface area contributed by atoms with Crippen molar-refractivity contribution in [1.29, 1.82) is 0 Å². The number of hydrogen-bond acceptors (Lipinski definition) is 3. The highest BCUT2D eigenvalue weighted by atomic mass is 16.2. The second-order valence-electron chi connectivity index (χ2n) is 6.74. The lowest BCUT2D eigenvalue weighted by molar-refractivity contribution is 0.0772. The highest BCUT2D eigenvalue weighted by Gasteiger charge is 2.26. The summed E-state index contributed by atoms with van der Waals surface area (Å²) in [6, 6.07) is 18.2. The molecule has 3 aromatic rings. The predicted octanol–water partition coefficient (Wildman–Crippen LogP) is 3.16. The summed E-state index contributed by atoms with van der Waals surface area (Å²) in [5, 5.41) is 8.05. The van der Waals surface area contributed by atoms with Gasteiger partial charge in [-0.3, -0.25) is 9.89 Å². The molecule has 1 aromatic heterocycles. The zero-order valence-corrected chi connectivity index (χ0v) is 14.4. The van der Waals surface area contributed by atoms with E-state index in [1.165, 1.54) is 5.69 Å². The molecule has 5 nitrogen and oxygen atoms in total. The summed E-state index contributed by atoms with van der Waals surface area (Å²) in [6.45, 7) is 2.79. The molecule has 1 amide bonds. The van der Waals surface area contributed by atoms with E-state index >= 15 is 0 Å². The van der Waals surface area contributed by atoms with Gasteiger partial charge >= 0.3 is 0 Å². The van der Waals surface area contributed by atoms with E-state index < -0.39 is 0 Å². The first-order valence-electron chi connectivity index (χ1n) is 8.71. The molecule has 1 N–H and O–H groups in total. The first-order valence-corrected chi connectivity index (χ1v) is 8.71. The van der Waals surface area contributed by atoms with Gasteiger partial charge < -0.3 is 9.80 Å². The van der Waals surface area contributed by atoms with Gasteiger partial charge in [0, 0.05) is 37.8 Å². The average Bonchev–Trinajstić information content (AvgIpc) is 3.29. The van der Waals surface area contributed by atoms with Gasteiger partial charge in [-0.1, -0.05) is 36.4 Å². The fourth-order valence-electron chi connectivity index (χ4n) is 3.63. The third-order valence-electron chi connectivity index (χ3n) is 4.96. The topological polar surface area (TPSA) is 52.2 Å². The molecule has 5 heteroatoms. The summed E-state index contributed by atoms with van der Waals surface area (Å²) in [5.74, 6) is 0.468. The van der Waals surface area contributed by atoms with Crippen molar-refractivity contribution in [2.24, 2.45) is 5.92 Å². The number of aromatic nitrogens is 2. The predicted molar refractivity (Wildman–Crippen MR) is 99.8 cm³/mol. The van der Waals surface area contributed by atoms with Crippen molar-refractivity contribution in [3.05, 3.63) is 60.3 Å². The van der Waals surface area contributed by atoms with Crippen LogP contribution in [0.25, 0.3) is 10.9 Å². The number of anilines is 1. The number of aromatic amines is 1. The number of para-hydroxylation sites is 2. The van der Waals surface area contributed by atoms with Gasteiger partial charge in [0.25, 0.3) is 5.91 Å². The van der Waals surface area contributed by atoms with Crippen LogP contribution in [0.4, 0.5) is 5.69 Å². The summed E-state index contributed by atoms with van der Waals surface area (Å²) in [7, 11) is 1.87. The molecule has 0 aliphatic carbocycles. The van der Waals surface area contributed by atoms with Gasteiger partial charge in [-0.05, 0) is 30.5 Å². The van der Waals surface area contributed by atoms with Crippen molar-refractivity contribution in [3.63, 3.8) is 0 Å². The molecule has 0 spiro atoms. The molecule has 0 saturated carbocycles. The van der Waals surface area contributed by atoms with E-state index in [4.69, 9.17) is 0 Å². The Morgan fingerprint density at radius 1 is 1.20 bits per heavy atom. The van der Waals surface area contributed by atoms with E-state index in [0.717, 1.165) is 37.0 Å². The van der Waals surface area contributed by atoms with E-state index in [2.05, 4.69) is 39.4 Å². The summed E-state index contributed by atoms with van der Waals surface area (Å²) < 4.78 is 0. The Hall–Kier alpha value is -2.82. The molecule has 2 aromatic carbocycles.